The average molecular weight is 343 g/mol. The Hall–Kier alpha value is -0.640. The van der Waals surface area contributed by atoms with Gasteiger partial charge in [0.2, 0.25) is 0 Å². The molecule has 0 radical (unpaired) electrons. The van der Waals surface area contributed by atoms with E-state index in [1.54, 1.807) is 11.8 Å². The first-order valence-corrected chi connectivity index (χ1v) is 7.91. The lowest BCUT2D eigenvalue weighted by molar-refractivity contribution is 1.12. The number of rotatable bonds is 4. The van der Waals surface area contributed by atoms with Gasteiger partial charge in [0, 0.05) is 26.6 Å². The van der Waals surface area contributed by atoms with Crippen LogP contribution in [0.25, 0.3) is 0 Å². The van der Waals surface area contributed by atoms with Crippen molar-refractivity contribution >= 4 is 45.0 Å². The second kappa shape index (κ2) is 6.50. The lowest BCUT2D eigenvalue weighted by Gasteiger charge is -2.11. The molecule has 0 atom stereocenters. The molecule has 2 aromatic rings. The fourth-order valence-corrected chi connectivity index (χ4v) is 2.82. The molecule has 0 aliphatic rings. The minimum Gasteiger partial charge on any atom is -0.380 e. The van der Waals surface area contributed by atoms with Gasteiger partial charge in [0.1, 0.15) is 0 Å². The summed E-state index contributed by atoms with van der Waals surface area (Å²) in [5, 5.41) is 4.20. The number of hydrogen-bond acceptors (Lipinski definition) is 2. The van der Waals surface area contributed by atoms with Gasteiger partial charge in [-0.1, -0.05) is 39.7 Å². The van der Waals surface area contributed by atoms with Gasteiger partial charge in [-0.2, -0.15) is 0 Å². The van der Waals surface area contributed by atoms with Crippen molar-refractivity contribution < 1.29 is 0 Å². The van der Waals surface area contributed by atoms with Gasteiger partial charge >= 0.3 is 0 Å². The maximum atomic E-state index is 6.00. The Morgan fingerprint density at radius 1 is 1.22 bits per heavy atom. The highest BCUT2D eigenvalue weighted by Crippen LogP contribution is 2.27. The maximum absolute atomic E-state index is 6.00. The zero-order valence-electron chi connectivity index (χ0n) is 9.91. The Morgan fingerprint density at radius 3 is 2.78 bits per heavy atom. The Kier molecular flexibility index (Phi) is 4.98. The molecule has 0 heterocycles. The maximum Gasteiger partial charge on any atom is 0.0480 e. The van der Waals surface area contributed by atoms with Gasteiger partial charge in [-0.05, 0) is 42.2 Å². The van der Waals surface area contributed by atoms with E-state index in [2.05, 4.69) is 39.6 Å². The first-order valence-electron chi connectivity index (χ1n) is 5.51. The highest BCUT2D eigenvalue weighted by molar-refractivity contribution is 9.10. The van der Waals surface area contributed by atoms with Gasteiger partial charge in [-0.3, -0.25) is 0 Å². The molecule has 0 saturated carbocycles. The summed E-state index contributed by atoms with van der Waals surface area (Å²) < 4.78 is 1.07. The van der Waals surface area contributed by atoms with E-state index < -0.39 is 0 Å². The fourth-order valence-electron chi connectivity index (χ4n) is 1.66. The van der Waals surface area contributed by atoms with Crippen LogP contribution in [0.5, 0.6) is 0 Å². The molecule has 2 rings (SSSR count). The minimum absolute atomic E-state index is 0.749. The van der Waals surface area contributed by atoms with Crippen molar-refractivity contribution in [1.29, 1.82) is 0 Å². The van der Waals surface area contributed by atoms with Gasteiger partial charge < -0.3 is 5.32 Å². The van der Waals surface area contributed by atoms with Crippen molar-refractivity contribution in [2.45, 2.75) is 11.4 Å². The molecule has 94 valence electrons. The van der Waals surface area contributed by atoms with Crippen molar-refractivity contribution in [2.24, 2.45) is 0 Å². The number of thioether (sulfide) groups is 1. The molecule has 0 fully saturated rings. The van der Waals surface area contributed by atoms with Crippen molar-refractivity contribution in [3.8, 4) is 0 Å². The van der Waals surface area contributed by atoms with Gasteiger partial charge in [-0.15, -0.1) is 11.8 Å². The Balaban J connectivity index is 2.14. The lowest BCUT2D eigenvalue weighted by atomic mass is 10.2. The molecule has 0 unspecified atom stereocenters. The van der Waals surface area contributed by atoms with E-state index in [0.717, 1.165) is 27.3 Å². The summed E-state index contributed by atoms with van der Waals surface area (Å²) in [6, 6.07) is 14.1. The van der Waals surface area contributed by atoms with Gasteiger partial charge in [0.25, 0.3) is 0 Å². The zero-order chi connectivity index (χ0) is 13.0. The van der Waals surface area contributed by atoms with Crippen LogP contribution in [0, 0.1) is 0 Å². The third kappa shape index (κ3) is 3.44. The van der Waals surface area contributed by atoms with Crippen LogP contribution < -0.4 is 5.32 Å². The van der Waals surface area contributed by atoms with Crippen LogP contribution in [0.1, 0.15) is 5.56 Å². The lowest BCUT2D eigenvalue weighted by Crippen LogP contribution is -2.01. The molecule has 4 heteroatoms. The standard InChI is InChI=1S/C14H13BrClNS/c1-18-14-5-3-2-4-13(14)17-9-10-8-11(16)6-7-12(10)15/h2-8,17H,9H2,1H3. The van der Waals surface area contributed by atoms with Gasteiger partial charge in [-0.25, -0.2) is 0 Å². The quantitative estimate of drug-likeness (QED) is 0.743. The Labute approximate surface area is 125 Å². The summed E-state index contributed by atoms with van der Waals surface area (Å²) in [6.45, 7) is 0.749. The van der Waals surface area contributed by atoms with Crippen molar-refractivity contribution in [2.75, 3.05) is 11.6 Å². The van der Waals surface area contributed by atoms with Crippen LogP contribution >= 0.6 is 39.3 Å². The van der Waals surface area contributed by atoms with E-state index in [1.807, 2.05) is 30.3 Å². The molecule has 0 saturated heterocycles. The summed E-state index contributed by atoms with van der Waals surface area (Å²) in [5.74, 6) is 0. The number of nitrogens with one attached hydrogen (secondary N) is 1. The number of benzene rings is 2. The van der Waals surface area contributed by atoms with E-state index in [1.165, 1.54) is 4.90 Å². The molecule has 0 spiro atoms. The van der Waals surface area contributed by atoms with E-state index in [-0.39, 0.29) is 0 Å². The SMILES string of the molecule is CSc1ccccc1NCc1cc(Cl)ccc1Br. The van der Waals surface area contributed by atoms with Crippen molar-refractivity contribution in [3.05, 3.63) is 57.5 Å². The van der Waals surface area contributed by atoms with Crippen LogP contribution in [0.4, 0.5) is 5.69 Å². The molecular formula is C14H13BrClNS. The predicted molar refractivity (Wildman–Crippen MR) is 84.7 cm³/mol. The largest absolute Gasteiger partial charge is 0.380 e. The van der Waals surface area contributed by atoms with Crippen LogP contribution in [-0.2, 0) is 6.54 Å². The van der Waals surface area contributed by atoms with Crippen LogP contribution in [0.3, 0.4) is 0 Å². The molecule has 0 bridgehead atoms. The molecule has 1 N–H and O–H groups in total. The third-order valence-corrected chi connectivity index (χ3v) is 4.39. The molecule has 2 aromatic carbocycles. The number of hydrogen-bond donors (Lipinski definition) is 1. The normalized spacial score (nSPS) is 10.4. The van der Waals surface area contributed by atoms with Crippen molar-refractivity contribution in [3.63, 3.8) is 0 Å². The minimum atomic E-state index is 0.749. The summed E-state index contributed by atoms with van der Waals surface area (Å²) in [5.41, 5.74) is 2.30. The van der Waals surface area contributed by atoms with E-state index in [0.29, 0.717) is 0 Å². The Bertz CT molecular complexity index is 545. The number of halogens is 2. The monoisotopic (exact) mass is 341 g/mol. The number of para-hydroxylation sites is 1. The fraction of sp³-hybridized carbons (Fsp3) is 0.143. The molecule has 18 heavy (non-hydrogen) atoms. The van der Waals surface area contributed by atoms with E-state index >= 15 is 0 Å². The smallest absolute Gasteiger partial charge is 0.0480 e. The van der Waals surface area contributed by atoms with Gasteiger partial charge in [0.05, 0.1) is 0 Å². The Morgan fingerprint density at radius 2 is 2.00 bits per heavy atom. The molecule has 0 aliphatic heterocycles. The van der Waals surface area contributed by atoms with E-state index in [9.17, 15) is 0 Å². The zero-order valence-corrected chi connectivity index (χ0v) is 13.1. The molecule has 0 aromatic heterocycles. The first-order chi connectivity index (χ1) is 8.70. The molecular weight excluding hydrogens is 330 g/mol. The molecule has 0 aliphatic carbocycles. The highest BCUT2D eigenvalue weighted by Gasteiger charge is 2.03. The molecule has 0 amide bonds. The first kappa shape index (κ1) is 13.8. The van der Waals surface area contributed by atoms with E-state index in [4.69, 9.17) is 11.6 Å². The van der Waals surface area contributed by atoms with Crippen LogP contribution in [0.15, 0.2) is 51.8 Å². The molecule has 1 nitrogen and oxygen atoms in total. The second-order valence-corrected chi connectivity index (χ2v) is 5.93. The topological polar surface area (TPSA) is 12.0 Å². The van der Waals surface area contributed by atoms with Gasteiger partial charge in [0.15, 0.2) is 0 Å². The second-order valence-electron chi connectivity index (χ2n) is 3.79. The van der Waals surface area contributed by atoms with Crippen molar-refractivity contribution in [1.82, 2.24) is 0 Å². The van der Waals surface area contributed by atoms with Crippen LogP contribution in [0.2, 0.25) is 5.02 Å². The predicted octanol–water partition coefficient (Wildman–Crippen LogP) is 5.44. The summed E-state index contributed by atoms with van der Waals surface area (Å²) >= 11 is 11.3. The number of anilines is 1. The third-order valence-electron chi connectivity index (χ3n) is 2.58. The highest BCUT2D eigenvalue weighted by atomic mass is 79.9. The summed E-state index contributed by atoms with van der Waals surface area (Å²) in [7, 11) is 0. The van der Waals surface area contributed by atoms with Crippen LogP contribution in [-0.4, -0.2) is 6.26 Å². The average Bonchev–Trinajstić information content (AvgIpc) is 2.40. The summed E-state index contributed by atoms with van der Waals surface area (Å²) in [4.78, 5) is 1.25. The summed E-state index contributed by atoms with van der Waals surface area (Å²) in [6.07, 6.45) is 2.08.